The molecular formula is C22H21N5O7. The van der Waals surface area contributed by atoms with Crippen molar-refractivity contribution in [3.63, 3.8) is 0 Å². The summed E-state index contributed by atoms with van der Waals surface area (Å²) in [5.74, 6) is -1.72. The second kappa shape index (κ2) is 8.37. The normalized spacial score (nSPS) is 22.3. The van der Waals surface area contributed by atoms with Gasteiger partial charge in [-0.25, -0.2) is 15.0 Å². The van der Waals surface area contributed by atoms with Crippen molar-refractivity contribution in [2.24, 2.45) is 0 Å². The average molecular weight is 467 g/mol. The number of para-hydroxylation sites is 2. The van der Waals surface area contributed by atoms with Crippen LogP contribution in [0, 0.1) is 0 Å². The fourth-order valence-electron chi connectivity index (χ4n) is 4.18. The van der Waals surface area contributed by atoms with Crippen LogP contribution in [0.15, 0.2) is 36.9 Å². The van der Waals surface area contributed by atoms with Crippen molar-refractivity contribution < 1.29 is 33.3 Å². The Morgan fingerprint density at radius 2 is 1.68 bits per heavy atom. The van der Waals surface area contributed by atoms with Gasteiger partial charge in [-0.3, -0.25) is 23.4 Å². The predicted octanol–water partition coefficient (Wildman–Crippen LogP) is 1.56. The smallest absolute Gasteiger partial charge is 0.303 e. The van der Waals surface area contributed by atoms with Gasteiger partial charge in [0.2, 0.25) is 0 Å². The molecule has 12 nitrogen and oxygen atoms in total. The summed E-state index contributed by atoms with van der Waals surface area (Å²) >= 11 is 0. The van der Waals surface area contributed by atoms with Crippen LogP contribution in [-0.2, 0) is 33.3 Å². The summed E-state index contributed by atoms with van der Waals surface area (Å²) in [6.07, 6.45) is -0.745. The number of hydrogen-bond donors (Lipinski definition) is 0. The van der Waals surface area contributed by atoms with Crippen LogP contribution >= 0.6 is 0 Å². The van der Waals surface area contributed by atoms with Gasteiger partial charge in [0.1, 0.15) is 19.0 Å². The standard InChI is InChI=1S/C22H21N5O7/c1-11(28)31-8-16-18(32-12(2)29)19(33-13(3)30)22(34-16)27-9-23-17-20(27)24-10-26-15-7-5-4-6-14(15)25-21(17)26/h4-7,9-10,16,18-19,22H,8H2,1-3H3/t16-,18-,19-,22-/m1/s1. The first-order valence-corrected chi connectivity index (χ1v) is 10.5. The minimum Gasteiger partial charge on any atom is -0.463 e. The van der Waals surface area contributed by atoms with Gasteiger partial charge in [0, 0.05) is 20.8 Å². The fraction of sp³-hybridized carbons (Fsp3) is 0.364. The molecule has 1 fully saturated rings. The van der Waals surface area contributed by atoms with Crippen LogP contribution in [0.2, 0.25) is 0 Å². The van der Waals surface area contributed by atoms with E-state index in [1.54, 1.807) is 10.9 Å². The van der Waals surface area contributed by atoms with E-state index in [4.69, 9.17) is 18.9 Å². The molecule has 12 heteroatoms. The monoisotopic (exact) mass is 467 g/mol. The predicted molar refractivity (Wildman–Crippen MR) is 115 cm³/mol. The third kappa shape index (κ3) is 3.71. The van der Waals surface area contributed by atoms with Gasteiger partial charge in [-0.2, -0.15) is 0 Å². The lowest BCUT2D eigenvalue weighted by Gasteiger charge is -2.23. The van der Waals surface area contributed by atoms with Gasteiger partial charge in [-0.1, -0.05) is 12.1 Å². The van der Waals surface area contributed by atoms with Crippen LogP contribution in [0.25, 0.3) is 27.8 Å². The van der Waals surface area contributed by atoms with Crippen molar-refractivity contribution in [1.29, 1.82) is 0 Å². The largest absolute Gasteiger partial charge is 0.463 e. The number of aromatic nitrogens is 5. The van der Waals surface area contributed by atoms with E-state index in [-0.39, 0.29) is 6.61 Å². The second-order valence-corrected chi connectivity index (χ2v) is 7.88. The van der Waals surface area contributed by atoms with E-state index < -0.39 is 42.4 Å². The molecule has 34 heavy (non-hydrogen) atoms. The molecule has 176 valence electrons. The Bertz CT molecular complexity index is 1430. The van der Waals surface area contributed by atoms with Gasteiger partial charge < -0.3 is 18.9 Å². The van der Waals surface area contributed by atoms with Crippen molar-refractivity contribution in [2.45, 2.75) is 45.3 Å². The van der Waals surface area contributed by atoms with E-state index in [1.807, 2.05) is 28.7 Å². The molecule has 0 saturated carbocycles. The molecule has 1 aliphatic heterocycles. The van der Waals surface area contributed by atoms with Gasteiger partial charge in [-0.05, 0) is 12.1 Å². The number of imidazole rings is 2. The first-order valence-electron chi connectivity index (χ1n) is 10.5. The molecule has 4 atom stereocenters. The number of nitrogens with zero attached hydrogens (tertiary/aromatic N) is 5. The van der Waals surface area contributed by atoms with Crippen LogP contribution in [-0.4, -0.2) is 66.7 Å². The summed E-state index contributed by atoms with van der Waals surface area (Å²) in [6, 6.07) is 7.63. The lowest BCUT2D eigenvalue weighted by molar-refractivity contribution is -0.166. The summed E-state index contributed by atoms with van der Waals surface area (Å²) < 4.78 is 25.5. The maximum absolute atomic E-state index is 11.9. The number of ether oxygens (including phenoxy) is 4. The molecule has 0 unspecified atom stereocenters. The summed E-state index contributed by atoms with van der Waals surface area (Å²) in [7, 11) is 0. The number of rotatable bonds is 5. The Morgan fingerprint density at radius 3 is 2.41 bits per heavy atom. The van der Waals surface area contributed by atoms with Crippen LogP contribution in [0.1, 0.15) is 27.0 Å². The van der Waals surface area contributed by atoms with Crippen molar-refractivity contribution in [3.8, 4) is 0 Å². The molecule has 0 N–H and O–H groups in total. The highest BCUT2D eigenvalue weighted by molar-refractivity contribution is 5.92. The summed E-state index contributed by atoms with van der Waals surface area (Å²) in [5.41, 5.74) is 3.21. The zero-order chi connectivity index (χ0) is 24.0. The van der Waals surface area contributed by atoms with Gasteiger partial charge >= 0.3 is 17.9 Å². The Morgan fingerprint density at radius 1 is 0.941 bits per heavy atom. The lowest BCUT2D eigenvalue weighted by Crippen LogP contribution is -2.40. The first-order chi connectivity index (χ1) is 16.3. The maximum atomic E-state index is 11.9. The number of carbonyl (C=O) groups excluding carboxylic acids is 3. The minimum absolute atomic E-state index is 0.197. The van der Waals surface area contributed by atoms with E-state index in [1.165, 1.54) is 27.1 Å². The Kier molecular flexibility index (Phi) is 5.36. The molecule has 0 bridgehead atoms. The van der Waals surface area contributed by atoms with Gasteiger partial charge in [0.15, 0.2) is 35.2 Å². The van der Waals surface area contributed by atoms with E-state index in [9.17, 15) is 14.4 Å². The Balaban J connectivity index is 1.60. The van der Waals surface area contributed by atoms with Crippen molar-refractivity contribution in [2.75, 3.05) is 6.61 Å². The molecule has 3 aromatic heterocycles. The highest BCUT2D eigenvalue weighted by Gasteiger charge is 2.51. The maximum Gasteiger partial charge on any atom is 0.303 e. The van der Waals surface area contributed by atoms with Gasteiger partial charge in [-0.15, -0.1) is 0 Å². The van der Waals surface area contributed by atoms with E-state index in [0.717, 1.165) is 11.0 Å². The molecule has 0 amide bonds. The number of benzene rings is 1. The number of fused-ring (bicyclic) bond motifs is 5. The molecule has 0 spiro atoms. The molecule has 1 aliphatic rings. The summed E-state index contributed by atoms with van der Waals surface area (Å²) in [4.78, 5) is 48.7. The second-order valence-electron chi connectivity index (χ2n) is 7.88. The zero-order valence-electron chi connectivity index (χ0n) is 18.6. The first kappa shape index (κ1) is 21.8. The molecular weight excluding hydrogens is 446 g/mol. The number of esters is 3. The molecule has 0 radical (unpaired) electrons. The van der Waals surface area contributed by atoms with Crippen molar-refractivity contribution in [3.05, 3.63) is 36.9 Å². The molecule has 1 saturated heterocycles. The van der Waals surface area contributed by atoms with E-state index in [0.29, 0.717) is 16.8 Å². The minimum atomic E-state index is -1.03. The van der Waals surface area contributed by atoms with Crippen LogP contribution in [0.4, 0.5) is 0 Å². The number of carbonyl (C=O) groups is 3. The zero-order valence-corrected chi connectivity index (χ0v) is 18.6. The molecule has 5 rings (SSSR count). The summed E-state index contributed by atoms with van der Waals surface area (Å²) in [5, 5.41) is 0. The lowest BCUT2D eigenvalue weighted by atomic mass is 10.1. The Hall–Kier alpha value is -4.06. The average Bonchev–Trinajstić information content (AvgIpc) is 3.45. The third-order valence-electron chi connectivity index (χ3n) is 5.49. The van der Waals surface area contributed by atoms with Crippen molar-refractivity contribution in [1.82, 2.24) is 23.9 Å². The van der Waals surface area contributed by atoms with E-state index >= 15 is 0 Å². The molecule has 0 aliphatic carbocycles. The van der Waals surface area contributed by atoms with E-state index in [2.05, 4.69) is 15.0 Å². The molecule has 4 aromatic rings. The SMILES string of the molecule is CC(=O)OC[C@H]1O[C@@H](n2cnc3c2ncn2c4ccccc4nc32)[C@H](OC(C)=O)[C@@H]1OC(C)=O. The van der Waals surface area contributed by atoms with Crippen LogP contribution in [0.3, 0.4) is 0 Å². The summed E-state index contributed by atoms with van der Waals surface area (Å²) in [6.45, 7) is 3.53. The number of hydrogen-bond acceptors (Lipinski definition) is 10. The third-order valence-corrected chi connectivity index (χ3v) is 5.49. The van der Waals surface area contributed by atoms with Gasteiger partial charge in [0.05, 0.1) is 17.4 Å². The van der Waals surface area contributed by atoms with Crippen LogP contribution in [0.5, 0.6) is 0 Å². The highest BCUT2D eigenvalue weighted by atomic mass is 16.7. The Labute approximate surface area is 192 Å². The fourth-order valence-corrected chi connectivity index (χ4v) is 4.18. The molecule has 1 aromatic carbocycles. The quantitative estimate of drug-likeness (QED) is 0.314. The van der Waals surface area contributed by atoms with Crippen LogP contribution < -0.4 is 0 Å². The molecule has 4 heterocycles. The highest BCUT2D eigenvalue weighted by Crippen LogP contribution is 2.36. The topological polar surface area (TPSA) is 136 Å². The van der Waals surface area contributed by atoms with Gasteiger partial charge in [0.25, 0.3) is 0 Å². The van der Waals surface area contributed by atoms with Crippen molar-refractivity contribution >= 4 is 45.8 Å².